The maximum atomic E-state index is 5.16. The Balaban J connectivity index is 0.000000231. The molecule has 0 amide bonds. The number of hydrogen-bond donors (Lipinski definition) is 0. The molecule has 0 aliphatic heterocycles. The van der Waals surface area contributed by atoms with Crippen LogP contribution in [0.2, 0.25) is 19.6 Å². The molecular weight excluding hydrogens is 883 g/mol. The fraction of sp³-hybridized carbons (Fsp3) is 0.102. The van der Waals surface area contributed by atoms with E-state index in [0.29, 0.717) is 0 Å². The van der Waals surface area contributed by atoms with Gasteiger partial charge in [-0.15, -0.1) is 41.3 Å². The van der Waals surface area contributed by atoms with Crippen LogP contribution in [0.15, 0.2) is 158 Å². The van der Waals surface area contributed by atoms with Gasteiger partial charge in [-0.05, 0) is 82.4 Å². The van der Waals surface area contributed by atoms with E-state index in [4.69, 9.17) is 4.98 Å². The van der Waals surface area contributed by atoms with Crippen molar-refractivity contribution >= 4 is 45.7 Å². The number of nitrogens with zero attached hydrogens (tertiary/aromatic N) is 3. The number of imidazole rings is 1. The summed E-state index contributed by atoms with van der Waals surface area (Å²) in [6.07, 6.45) is 2.02. The van der Waals surface area contributed by atoms with E-state index in [2.05, 4.69) is 182 Å². The van der Waals surface area contributed by atoms with Gasteiger partial charge in [-0.2, -0.15) is 0 Å². The smallest absolute Gasteiger partial charge is 0.0795 e. The fourth-order valence-corrected chi connectivity index (χ4v) is 8.94. The van der Waals surface area contributed by atoms with Crippen LogP contribution in [0.1, 0.15) is 11.1 Å². The average Bonchev–Trinajstić information content (AvgIpc) is 3.80. The molecule has 0 fully saturated rings. The molecule has 0 spiro atoms. The fourth-order valence-electron chi connectivity index (χ4n) is 7.09. The Bertz CT molecular complexity index is 2670. The molecule has 9 aromatic rings. The van der Waals surface area contributed by atoms with Crippen molar-refractivity contribution in [2.24, 2.45) is 0 Å². The second-order valence-electron chi connectivity index (χ2n) is 14.7. The molecule has 6 heteroatoms. The van der Waals surface area contributed by atoms with Gasteiger partial charge in [0.2, 0.25) is 0 Å². The molecule has 273 valence electrons. The van der Waals surface area contributed by atoms with Crippen LogP contribution in [0.3, 0.4) is 0 Å². The molecule has 3 nitrogen and oxygen atoms in total. The maximum Gasteiger partial charge on any atom is 0.0795 e. The van der Waals surface area contributed by atoms with E-state index < -0.39 is 8.07 Å². The summed E-state index contributed by atoms with van der Waals surface area (Å²) in [5, 5.41) is 6.18. The average molecular weight is 924 g/mol. The first-order chi connectivity index (χ1) is 26.2. The third-order valence-electron chi connectivity index (χ3n) is 9.86. The van der Waals surface area contributed by atoms with Gasteiger partial charge in [0.05, 0.1) is 24.9 Å². The topological polar surface area (TPSA) is 30.7 Å². The molecule has 6 aromatic carbocycles. The molecule has 0 atom stereocenters. The Morgan fingerprint density at radius 3 is 1.98 bits per heavy atom. The summed E-state index contributed by atoms with van der Waals surface area (Å²) < 4.78 is 3.52. The van der Waals surface area contributed by atoms with Crippen molar-refractivity contribution in [3.8, 4) is 50.6 Å². The van der Waals surface area contributed by atoms with Gasteiger partial charge < -0.3 is 9.55 Å². The summed E-state index contributed by atoms with van der Waals surface area (Å²) in [5.41, 5.74) is 13.8. The quantitative estimate of drug-likeness (QED) is 0.123. The van der Waals surface area contributed by atoms with Crippen LogP contribution < -0.4 is 5.19 Å². The van der Waals surface area contributed by atoms with Crippen LogP contribution >= 0.6 is 11.3 Å². The first kappa shape index (κ1) is 38.1. The predicted octanol–water partition coefficient (Wildman–Crippen LogP) is 12.7. The van der Waals surface area contributed by atoms with Crippen molar-refractivity contribution in [3.63, 3.8) is 0 Å². The van der Waals surface area contributed by atoms with Gasteiger partial charge in [0.15, 0.2) is 0 Å². The number of rotatable bonds is 6. The van der Waals surface area contributed by atoms with Crippen LogP contribution in [0.4, 0.5) is 0 Å². The standard InChI is InChI=1S/C35H25N2S.C14H16NSi.Ir/c1-23-19-28(20-24(2)34(23)26-13-7-4-8-14-26)37-32-16-10-9-15-31(32)36-35(37)30-22-38-33-18-17-27(21-29(30)33)25-11-5-3-6-12-25;1-16(2,3)13-9-10-14(15-11-13)12-7-5-4-6-8-12;/h3-21H,1-2H3;4-7,9-11H,1-3H3;/q2*-1;. The summed E-state index contributed by atoms with van der Waals surface area (Å²) in [4.78, 5) is 9.68. The summed E-state index contributed by atoms with van der Waals surface area (Å²) in [6.45, 7) is 11.4. The summed E-state index contributed by atoms with van der Waals surface area (Å²) in [7, 11) is -1.23. The first-order valence-corrected chi connectivity index (χ1v) is 22.6. The molecule has 0 aliphatic carbocycles. The molecule has 3 heterocycles. The van der Waals surface area contributed by atoms with Gasteiger partial charge in [0.1, 0.15) is 0 Å². The summed E-state index contributed by atoms with van der Waals surface area (Å²) in [5.74, 6) is 0.925. The molecule has 0 bridgehead atoms. The minimum Gasteiger partial charge on any atom is -0.333 e. The SMILES string of the molecule is C[Si](C)(C)c1ccc(-c2[c-]cccc2)nc1.Cc1cc(-n2c(-c3[c-]sc4ccc(-c5ccccc5)cc34)nc3ccccc32)cc(C)c1-c1ccccc1.[Ir]. The van der Waals surface area contributed by atoms with Crippen LogP contribution in [-0.2, 0) is 20.1 Å². The van der Waals surface area contributed by atoms with Gasteiger partial charge in [0.25, 0.3) is 0 Å². The van der Waals surface area contributed by atoms with Gasteiger partial charge in [0, 0.05) is 32.0 Å². The number of thiophene rings is 1. The van der Waals surface area contributed by atoms with Crippen molar-refractivity contribution in [3.05, 3.63) is 180 Å². The van der Waals surface area contributed by atoms with Crippen molar-refractivity contribution in [1.29, 1.82) is 0 Å². The summed E-state index contributed by atoms with van der Waals surface area (Å²) >= 11 is 1.65. The molecular formula is C49H41IrN3SSi-2. The van der Waals surface area contributed by atoms with E-state index in [1.807, 2.05) is 30.5 Å². The maximum absolute atomic E-state index is 5.16. The molecule has 0 saturated carbocycles. The third kappa shape index (κ3) is 7.96. The number of aromatic nitrogens is 3. The van der Waals surface area contributed by atoms with Crippen LogP contribution in [0, 0.1) is 25.3 Å². The van der Waals surface area contributed by atoms with E-state index in [-0.39, 0.29) is 20.1 Å². The second kappa shape index (κ2) is 16.2. The van der Waals surface area contributed by atoms with Gasteiger partial charge in [-0.3, -0.25) is 16.3 Å². The largest absolute Gasteiger partial charge is 0.333 e. The van der Waals surface area contributed by atoms with Gasteiger partial charge >= 0.3 is 0 Å². The molecule has 0 unspecified atom stereocenters. The molecule has 3 aromatic heterocycles. The Kier molecular flexibility index (Phi) is 11.2. The van der Waals surface area contributed by atoms with Crippen molar-refractivity contribution in [2.75, 3.05) is 0 Å². The summed E-state index contributed by atoms with van der Waals surface area (Å²) in [6, 6.07) is 56.3. The van der Waals surface area contributed by atoms with E-state index in [1.165, 1.54) is 48.7 Å². The Morgan fingerprint density at radius 1 is 0.655 bits per heavy atom. The van der Waals surface area contributed by atoms with Crippen molar-refractivity contribution in [2.45, 2.75) is 33.5 Å². The Hall–Kier alpha value is -5.23. The molecule has 0 aliphatic rings. The van der Waals surface area contributed by atoms with Gasteiger partial charge in [-0.1, -0.05) is 138 Å². The zero-order valence-corrected chi connectivity index (χ0v) is 35.8. The number of fused-ring (bicyclic) bond motifs is 2. The first-order valence-electron chi connectivity index (χ1n) is 18.3. The molecule has 0 N–H and O–H groups in total. The van der Waals surface area contributed by atoms with E-state index >= 15 is 0 Å². The number of para-hydroxylation sites is 2. The zero-order valence-electron chi connectivity index (χ0n) is 31.6. The minimum atomic E-state index is -1.23. The van der Waals surface area contributed by atoms with Crippen molar-refractivity contribution < 1.29 is 20.1 Å². The van der Waals surface area contributed by atoms with Crippen molar-refractivity contribution in [1.82, 2.24) is 14.5 Å². The van der Waals surface area contributed by atoms with Gasteiger partial charge in [-0.25, -0.2) is 0 Å². The number of pyridine rings is 1. The van der Waals surface area contributed by atoms with E-state index in [9.17, 15) is 0 Å². The number of benzene rings is 6. The van der Waals surface area contributed by atoms with Crippen LogP contribution in [0.5, 0.6) is 0 Å². The number of hydrogen-bond acceptors (Lipinski definition) is 3. The Labute approximate surface area is 342 Å². The van der Waals surface area contributed by atoms with Crippen LogP contribution in [0.25, 0.3) is 71.7 Å². The van der Waals surface area contributed by atoms with Crippen LogP contribution in [-0.4, -0.2) is 22.6 Å². The minimum absolute atomic E-state index is 0. The molecule has 9 rings (SSSR count). The third-order valence-corrected chi connectivity index (χ3v) is 12.8. The van der Waals surface area contributed by atoms with E-state index in [1.54, 1.807) is 11.3 Å². The molecule has 55 heavy (non-hydrogen) atoms. The normalized spacial score (nSPS) is 11.2. The Morgan fingerprint density at radius 2 is 1.33 bits per heavy atom. The zero-order chi connectivity index (χ0) is 37.2. The molecule has 0 saturated heterocycles. The monoisotopic (exact) mass is 924 g/mol. The number of aryl methyl sites for hydroxylation is 2. The predicted molar refractivity (Wildman–Crippen MR) is 233 cm³/mol. The van der Waals surface area contributed by atoms with E-state index in [0.717, 1.165) is 39.4 Å². The molecule has 1 radical (unpaired) electrons. The second-order valence-corrected chi connectivity index (χ2v) is 20.6.